The van der Waals surface area contributed by atoms with Crippen molar-refractivity contribution in [3.63, 3.8) is 0 Å². The molecule has 0 spiro atoms. The van der Waals surface area contributed by atoms with Crippen molar-refractivity contribution in [2.45, 2.75) is 13.5 Å². The standard InChI is InChI=1S/C26H28N2O4S/c1-18-15-22(31-2)23(32-3)16-19(18)17-27-10-12-28(13-11-27)26(30)21-8-5-4-7-20(21)25(29)24-9-6-14-33-24/h4-9,14-16H,10-13,17H2,1-3H3. The zero-order valence-corrected chi connectivity index (χ0v) is 20.0. The highest BCUT2D eigenvalue weighted by Gasteiger charge is 2.26. The van der Waals surface area contributed by atoms with Crippen LogP contribution >= 0.6 is 11.3 Å². The van der Waals surface area contributed by atoms with E-state index < -0.39 is 0 Å². The minimum Gasteiger partial charge on any atom is -0.493 e. The van der Waals surface area contributed by atoms with E-state index >= 15 is 0 Å². The van der Waals surface area contributed by atoms with Crippen LogP contribution in [0.4, 0.5) is 0 Å². The second-order valence-corrected chi connectivity index (χ2v) is 9.00. The molecule has 0 saturated carbocycles. The van der Waals surface area contributed by atoms with Crippen LogP contribution in [0, 0.1) is 6.92 Å². The van der Waals surface area contributed by atoms with Gasteiger partial charge < -0.3 is 14.4 Å². The second kappa shape index (κ2) is 10.2. The summed E-state index contributed by atoms with van der Waals surface area (Å²) >= 11 is 1.39. The molecule has 33 heavy (non-hydrogen) atoms. The molecule has 172 valence electrons. The molecule has 2 aromatic carbocycles. The van der Waals surface area contributed by atoms with Gasteiger partial charge >= 0.3 is 0 Å². The third kappa shape index (κ3) is 4.94. The normalized spacial score (nSPS) is 14.2. The van der Waals surface area contributed by atoms with Crippen LogP contribution in [0.3, 0.4) is 0 Å². The Labute approximate surface area is 198 Å². The number of thiophene rings is 1. The Kier molecular flexibility index (Phi) is 7.11. The summed E-state index contributed by atoms with van der Waals surface area (Å²) in [5.41, 5.74) is 3.26. The predicted molar refractivity (Wildman–Crippen MR) is 130 cm³/mol. The fraction of sp³-hybridized carbons (Fsp3) is 0.308. The van der Waals surface area contributed by atoms with Crippen molar-refractivity contribution in [2.24, 2.45) is 0 Å². The van der Waals surface area contributed by atoms with Crippen LogP contribution in [0.15, 0.2) is 53.9 Å². The monoisotopic (exact) mass is 464 g/mol. The summed E-state index contributed by atoms with van der Waals surface area (Å²) in [6.07, 6.45) is 0. The minimum atomic E-state index is -0.100. The van der Waals surface area contributed by atoms with E-state index in [1.54, 1.807) is 38.5 Å². The van der Waals surface area contributed by atoms with E-state index in [0.29, 0.717) is 29.1 Å². The molecule has 0 radical (unpaired) electrons. The number of piperazine rings is 1. The number of ether oxygens (including phenoxy) is 2. The SMILES string of the molecule is COc1cc(C)c(CN2CCN(C(=O)c3ccccc3C(=O)c3cccs3)CC2)cc1OC. The maximum atomic E-state index is 13.3. The van der Waals surface area contributed by atoms with Crippen LogP contribution in [0.2, 0.25) is 0 Å². The number of methoxy groups -OCH3 is 2. The lowest BCUT2D eigenvalue weighted by Gasteiger charge is -2.35. The highest BCUT2D eigenvalue weighted by molar-refractivity contribution is 7.12. The third-order valence-corrected chi connectivity index (χ3v) is 6.91. The number of carbonyl (C=O) groups is 2. The van der Waals surface area contributed by atoms with Gasteiger partial charge in [0.05, 0.1) is 24.7 Å². The maximum Gasteiger partial charge on any atom is 0.254 e. The molecule has 0 atom stereocenters. The molecule has 1 saturated heterocycles. The van der Waals surface area contributed by atoms with Crippen LogP contribution in [0.5, 0.6) is 11.5 Å². The van der Waals surface area contributed by atoms with Crippen LogP contribution in [0.1, 0.15) is 36.7 Å². The van der Waals surface area contributed by atoms with Gasteiger partial charge in [0, 0.05) is 38.3 Å². The van der Waals surface area contributed by atoms with Crippen molar-refractivity contribution < 1.29 is 19.1 Å². The summed E-state index contributed by atoms with van der Waals surface area (Å²) in [5.74, 6) is 1.26. The quantitative estimate of drug-likeness (QED) is 0.489. The lowest BCUT2D eigenvalue weighted by molar-refractivity contribution is 0.0625. The first-order valence-corrected chi connectivity index (χ1v) is 11.8. The summed E-state index contributed by atoms with van der Waals surface area (Å²) in [6, 6.07) is 14.8. The van der Waals surface area contributed by atoms with Crippen LogP contribution < -0.4 is 9.47 Å². The van der Waals surface area contributed by atoms with Gasteiger partial charge in [0.2, 0.25) is 5.78 Å². The molecule has 0 aliphatic carbocycles. The van der Waals surface area contributed by atoms with Gasteiger partial charge in [0.25, 0.3) is 5.91 Å². The van der Waals surface area contributed by atoms with E-state index in [1.807, 2.05) is 34.5 Å². The first kappa shape index (κ1) is 23.0. The molecule has 4 rings (SSSR count). The Morgan fingerprint density at radius 1 is 0.909 bits per heavy atom. The maximum absolute atomic E-state index is 13.3. The number of ketones is 1. The summed E-state index contributed by atoms with van der Waals surface area (Å²) in [6.45, 7) is 5.61. The Morgan fingerprint density at radius 2 is 1.58 bits per heavy atom. The topological polar surface area (TPSA) is 59.1 Å². The van der Waals surface area contributed by atoms with Gasteiger partial charge in [-0.3, -0.25) is 14.5 Å². The molecular weight excluding hydrogens is 436 g/mol. The molecular formula is C26H28N2O4S. The number of hydrogen-bond acceptors (Lipinski definition) is 6. The Hall–Kier alpha value is -3.16. The van der Waals surface area contributed by atoms with Crippen molar-refractivity contribution in [1.82, 2.24) is 9.80 Å². The largest absolute Gasteiger partial charge is 0.493 e. The lowest BCUT2D eigenvalue weighted by Crippen LogP contribution is -2.48. The number of rotatable bonds is 7. The average Bonchev–Trinajstić information content (AvgIpc) is 3.39. The zero-order valence-electron chi connectivity index (χ0n) is 19.2. The summed E-state index contributed by atoms with van der Waals surface area (Å²) < 4.78 is 10.8. The van der Waals surface area contributed by atoms with Gasteiger partial charge in [-0.25, -0.2) is 0 Å². The van der Waals surface area contributed by atoms with E-state index in [0.717, 1.165) is 36.7 Å². The highest BCUT2D eigenvalue weighted by atomic mass is 32.1. The van der Waals surface area contributed by atoms with Crippen LogP contribution in [-0.2, 0) is 6.54 Å². The number of amides is 1. The van der Waals surface area contributed by atoms with E-state index in [1.165, 1.54) is 16.9 Å². The summed E-state index contributed by atoms with van der Waals surface area (Å²) in [4.78, 5) is 31.0. The number of hydrogen-bond donors (Lipinski definition) is 0. The molecule has 0 N–H and O–H groups in total. The number of aryl methyl sites for hydroxylation is 1. The molecule has 2 heterocycles. The molecule has 3 aromatic rings. The molecule has 1 fully saturated rings. The number of benzene rings is 2. The zero-order chi connectivity index (χ0) is 23.4. The minimum absolute atomic E-state index is 0.0857. The molecule has 6 nitrogen and oxygen atoms in total. The Morgan fingerprint density at radius 3 is 2.21 bits per heavy atom. The molecule has 0 bridgehead atoms. The molecule has 0 unspecified atom stereocenters. The van der Waals surface area contributed by atoms with Crippen LogP contribution in [0.25, 0.3) is 0 Å². The Bertz CT molecular complexity index is 1140. The van der Waals surface area contributed by atoms with Gasteiger partial charge in [-0.1, -0.05) is 24.3 Å². The van der Waals surface area contributed by atoms with Gasteiger partial charge in [-0.2, -0.15) is 0 Å². The Balaban J connectivity index is 1.43. The molecule has 7 heteroatoms. The fourth-order valence-corrected chi connectivity index (χ4v) is 4.80. The fourth-order valence-electron chi connectivity index (χ4n) is 4.12. The molecule has 1 aromatic heterocycles. The lowest BCUT2D eigenvalue weighted by atomic mass is 10.0. The first-order valence-electron chi connectivity index (χ1n) is 10.9. The molecule has 1 aliphatic heterocycles. The highest BCUT2D eigenvalue weighted by Crippen LogP contribution is 2.31. The van der Waals surface area contributed by atoms with Gasteiger partial charge in [0.1, 0.15) is 0 Å². The van der Waals surface area contributed by atoms with Crippen molar-refractivity contribution in [3.8, 4) is 11.5 Å². The van der Waals surface area contributed by atoms with Crippen molar-refractivity contribution in [2.75, 3.05) is 40.4 Å². The van der Waals surface area contributed by atoms with E-state index in [9.17, 15) is 9.59 Å². The molecule has 1 amide bonds. The smallest absolute Gasteiger partial charge is 0.254 e. The van der Waals surface area contributed by atoms with E-state index in [-0.39, 0.29) is 11.7 Å². The number of nitrogens with zero attached hydrogens (tertiary/aromatic N) is 2. The summed E-state index contributed by atoms with van der Waals surface area (Å²) in [5, 5.41) is 1.87. The van der Waals surface area contributed by atoms with Gasteiger partial charge in [-0.05, 0) is 47.7 Å². The van der Waals surface area contributed by atoms with E-state index in [4.69, 9.17) is 9.47 Å². The predicted octanol–water partition coefficient (Wildman–Crippen LogP) is 4.26. The second-order valence-electron chi connectivity index (χ2n) is 8.05. The van der Waals surface area contributed by atoms with E-state index in [2.05, 4.69) is 11.8 Å². The van der Waals surface area contributed by atoms with Crippen molar-refractivity contribution >= 4 is 23.0 Å². The van der Waals surface area contributed by atoms with Crippen molar-refractivity contribution in [1.29, 1.82) is 0 Å². The third-order valence-electron chi connectivity index (χ3n) is 6.04. The summed E-state index contributed by atoms with van der Waals surface area (Å²) in [7, 11) is 3.28. The first-order chi connectivity index (χ1) is 16.0. The number of carbonyl (C=O) groups excluding carboxylic acids is 2. The van der Waals surface area contributed by atoms with Crippen molar-refractivity contribution in [3.05, 3.63) is 81.0 Å². The molecule has 1 aliphatic rings. The van der Waals surface area contributed by atoms with Gasteiger partial charge in [-0.15, -0.1) is 11.3 Å². The van der Waals surface area contributed by atoms with Crippen LogP contribution in [-0.4, -0.2) is 61.9 Å². The average molecular weight is 465 g/mol. The van der Waals surface area contributed by atoms with Gasteiger partial charge in [0.15, 0.2) is 11.5 Å².